The Morgan fingerprint density at radius 1 is 1.50 bits per heavy atom. The van der Waals surface area contributed by atoms with Crippen molar-refractivity contribution in [2.75, 3.05) is 0 Å². The highest BCUT2D eigenvalue weighted by Crippen LogP contribution is 2.18. The molecule has 0 amide bonds. The van der Waals surface area contributed by atoms with E-state index in [-0.39, 0.29) is 3.75 Å². The molecule has 0 N–H and O–H groups in total. The summed E-state index contributed by atoms with van der Waals surface area (Å²) in [5.41, 5.74) is 0. The zero-order valence-corrected chi connectivity index (χ0v) is 4.73. The van der Waals surface area contributed by atoms with Gasteiger partial charge in [0, 0.05) is 0 Å². The van der Waals surface area contributed by atoms with Crippen LogP contribution in [0.1, 0.15) is 0 Å². The predicted octanol–water partition coefficient (Wildman–Crippen LogP) is 2.31. The molecule has 3 heteroatoms. The minimum Gasteiger partial charge on any atom is -0.0844 e. The van der Waals surface area contributed by atoms with Gasteiger partial charge >= 0.3 is 0 Å². The molecule has 0 aromatic heterocycles. The molecule has 0 aromatic carbocycles. The summed E-state index contributed by atoms with van der Waals surface area (Å²) < 4.78 is 0.174. The average Bonchev–Trinajstić information content (AvgIpc) is 0.811. The molecular weight excluding hydrogens is 163 g/mol. The molecule has 0 atom stereocenters. The van der Waals surface area contributed by atoms with E-state index < -0.39 is 0 Å². The first-order valence-electron chi connectivity index (χ1n) is 0.567. The Hall–Kier alpha value is 1.06. The Labute approximate surface area is 43.2 Å². The fourth-order valence-electron chi connectivity index (χ4n) is 0. The van der Waals surface area contributed by atoms with Gasteiger partial charge in [0.2, 0.25) is 3.75 Å². The maximum absolute atomic E-state index is 4.87. The van der Waals surface area contributed by atoms with E-state index in [9.17, 15) is 0 Å². The average molecular weight is 163 g/mol. The monoisotopic (exact) mass is 161 g/mol. The van der Waals surface area contributed by atoms with Crippen molar-refractivity contribution in [1.29, 1.82) is 0 Å². The third kappa shape index (κ3) is 11.6. The van der Waals surface area contributed by atoms with Crippen molar-refractivity contribution in [1.82, 2.24) is 0 Å². The number of hydrogen-bond acceptors (Lipinski definition) is 0. The van der Waals surface area contributed by atoms with Crippen LogP contribution in [0.25, 0.3) is 0 Å². The summed E-state index contributed by atoms with van der Waals surface area (Å²) in [5, 5.41) is 0. The second kappa shape index (κ2) is 2.31. The molecule has 4 heavy (non-hydrogen) atoms. The fourth-order valence-corrected chi connectivity index (χ4v) is 0. The molecule has 0 unspecified atom stereocenters. The minimum absolute atomic E-state index is 0.174. The second-order valence-corrected chi connectivity index (χ2v) is 2.87. The zero-order chi connectivity index (χ0) is 3.58. The van der Waals surface area contributed by atoms with Crippen LogP contribution in [0.4, 0.5) is 0 Å². The third-order valence-corrected chi connectivity index (χ3v) is 0. The highest BCUT2D eigenvalue weighted by Gasteiger charge is 1.81. The third-order valence-electron chi connectivity index (χ3n) is 0. The summed E-state index contributed by atoms with van der Waals surface area (Å²) in [6.45, 7) is 0. The molecule has 0 heterocycles. The van der Waals surface area contributed by atoms with Gasteiger partial charge in [-0.3, -0.25) is 0 Å². The van der Waals surface area contributed by atoms with E-state index in [1.165, 1.54) is 0 Å². The lowest BCUT2D eigenvalue weighted by molar-refractivity contribution is 2.49. The van der Waals surface area contributed by atoms with Crippen molar-refractivity contribution in [2.24, 2.45) is 0 Å². The SMILES string of the molecule is Cl[C](Cl)Br. The lowest BCUT2D eigenvalue weighted by Crippen LogP contribution is -1.35. The van der Waals surface area contributed by atoms with Gasteiger partial charge < -0.3 is 0 Å². The molecule has 25 valence electrons. The second-order valence-electron chi connectivity index (χ2n) is 0.214. The van der Waals surface area contributed by atoms with Crippen LogP contribution in [0, 0.1) is 3.75 Å². The zero-order valence-electron chi connectivity index (χ0n) is 1.63. The first-order chi connectivity index (χ1) is 1.73. The standard InChI is InChI=1S/CBrCl2/c2-1(3)4. The van der Waals surface area contributed by atoms with Gasteiger partial charge in [0.15, 0.2) is 0 Å². The molecule has 0 bridgehead atoms. The van der Waals surface area contributed by atoms with E-state index in [0.717, 1.165) is 0 Å². The molecule has 0 saturated carbocycles. The molecule has 0 aromatic rings. The smallest absolute Gasteiger partial charge is 0.0844 e. The summed E-state index contributed by atoms with van der Waals surface area (Å²) >= 11 is 12.5. The van der Waals surface area contributed by atoms with Gasteiger partial charge in [0.25, 0.3) is 0 Å². The Bertz CT molecular complexity index is 10.8. The van der Waals surface area contributed by atoms with E-state index >= 15 is 0 Å². The maximum Gasteiger partial charge on any atom is 0.214 e. The van der Waals surface area contributed by atoms with Gasteiger partial charge in [-0.2, -0.15) is 0 Å². The molecule has 0 aliphatic rings. The topological polar surface area (TPSA) is 0 Å². The van der Waals surface area contributed by atoms with Crippen LogP contribution in [-0.2, 0) is 0 Å². The van der Waals surface area contributed by atoms with E-state index in [1.807, 2.05) is 0 Å². The van der Waals surface area contributed by atoms with Crippen molar-refractivity contribution in [2.45, 2.75) is 0 Å². The summed E-state index contributed by atoms with van der Waals surface area (Å²) in [6.07, 6.45) is 0. The van der Waals surface area contributed by atoms with Crippen molar-refractivity contribution in [3.05, 3.63) is 3.75 Å². The largest absolute Gasteiger partial charge is 0.214 e. The van der Waals surface area contributed by atoms with Gasteiger partial charge in [0.05, 0.1) is 0 Å². The van der Waals surface area contributed by atoms with Crippen LogP contribution in [0.5, 0.6) is 0 Å². The molecule has 0 saturated heterocycles. The van der Waals surface area contributed by atoms with E-state index in [2.05, 4.69) is 15.9 Å². The Kier molecular flexibility index (Phi) is 2.92. The molecular formula is CBrCl2. The quantitative estimate of drug-likeness (QED) is 0.513. The number of rotatable bonds is 0. The summed E-state index contributed by atoms with van der Waals surface area (Å²) in [7, 11) is 0. The summed E-state index contributed by atoms with van der Waals surface area (Å²) in [5.74, 6) is 0. The van der Waals surface area contributed by atoms with Crippen LogP contribution >= 0.6 is 39.1 Å². The first kappa shape index (κ1) is 5.06. The van der Waals surface area contributed by atoms with Gasteiger partial charge in [-0.15, -0.1) is 0 Å². The van der Waals surface area contributed by atoms with Crippen LogP contribution < -0.4 is 0 Å². The van der Waals surface area contributed by atoms with Gasteiger partial charge in [-0.1, -0.05) is 23.2 Å². The lowest BCUT2D eigenvalue weighted by atomic mass is 11.9. The molecule has 0 aliphatic heterocycles. The maximum atomic E-state index is 4.87. The molecule has 0 rings (SSSR count). The number of halogens is 3. The highest BCUT2D eigenvalue weighted by atomic mass is 79.9. The van der Waals surface area contributed by atoms with Crippen molar-refractivity contribution >= 4 is 39.1 Å². The van der Waals surface area contributed by atoms with Crippen molar-refractivity contribution in [3.8, 4) is 0 Å². The Morgan fingerprint density at radius 3 is 1.50 bits per heavy atom. The van der Waals surface area contributed by atoms with E-state index in [1.54, 1.807) is 0 Å². The van der Waals surface area contributed by atoms with Crippen molar-refractivity contribution in [3.63, 3.8) is 0 Å². The summed E-state index contributed by atoms with van der Waals surface area (Å²) in [4.78, 5) is 0. The van der Waals surface area contributed by atoms with Gasteiger partial charge in [-0.25, -0.2) is 0 Å². The van der Waals surface area contributed by atoms with Crippen molar-refractivity contribution < 1.29 is 0 Å². The molecule has 1 radical (unpaired) electrons. The van der Waals surface area contributed by atoms with Crippen LogP contribution in [0.2, 0.25) is 0 Å². The Balaban J connectivity index is 2.32. The van der Waals surface area contributed by atoms with Crippen LogP contribution in [0.3, 0.4) is 0 Å². The predicted molar refractivity (Wildman–Crippen MR) is 23.9 cm³/mol. The van der Waals surface area contributed by atoms with Crippen LogP contribution in [-0.4, -0.2) is 0 Å². The highest BCUT2D eigenvalue weighted by molar-refractivity contribution is 9.12. The molecule has 0 aliphatic carbocycles. The molecule has 0 fully saturated rings. The van der Waals surface area contributed by atoms with Crippen LogP contribution in [0.15, 0.2) is 0 Å². The Morgan fingerprint density at radius 2 is 1.50 bits per heavy atom. The number of hydrogen-bond donors (Lipinski definition) is 0. The van der Waals surface area contributed by atoms with Gasteiger partial charge in [0.1, 0.15) is 0 Å². The van der Waals surface area contributed by atoms with E-state index in [0.29, 0.717) is 0 Å². The fraction of sp³-hybridized carbons (Fsp3) is 0. The minimum atomic E-state index is 0.174. The van der Waals surface area contributed by atoms with E-state index in [4.69, 9.17) is 23.2 Å². The lowest BCUT2D eigenvalue weighted by Gasteiger charge is -1.67. The molecule has 0 spiro atoms. The molecule has 0 nitrogen and oxygen atoms in total. The van der Waals surface area contributed by atoms with Gasteiger partial charge in [-0.05, 0) is 15.9 Å². The summed E-state index contributed by atoms with van der Waals surface area (Å²) in [6, 6.07) is 0. The first-order valence-corrected chi connectivity index (χ1v) is 2.12. The normalized spacial score (nSPS) is 9.00.